The van der Waals surface area contributed by atoms with Crippen LogP contribution in [0.4, 0.5) is 0 Å². The summed E-state index contributed by atoms with van der Waals surface area (Å²) in [4.78, 5) is 15.0. The number of sulfonamides is 1. The molecule has 2 aromatic carbocycles. The number of nitrogens with zero attached hydrogens (tertiary/aromatic N) is 3. The highest BCUT2D eigenvalue weighted by Gasteiger charge is 2.31. The van der Waals surface area contributed by atoms with Gasteiger partial charge in [-0.2, -0.15) is 4.31 Å². The van der Waals surface area contributed by atoms with Gasteiger partial charge in [0.2, 0.25) is 15.9 Å². The number of amides is 1. The number of fused-ring (bicyclic) bond motifs is 1. The van der Waals surface area contributed by atoms with E-state index in [4.69, 9.17) is 16.3 Å². The Bertz CT molecular complexity index is 1460. The molecule has 3 heterocycles. The third kappa shape index (κ3) is 4.42. The molecular formula is C27H30ClN3O4S. The lowest BCUT2D eigenvalue weighted by molar-refractivity contribution is -0.130. The summed E-state index contributed by atoms with van der Waals surface area (Å²) in [6.45, 7) is 4.62. The van der Waals surface area contributed by atoms with Crippen LogP contribution in [0.15, 0.2) is 53.4 Å². The van der Waals surface area contributed by atoms with Crippen LogP contribution in [0.5, 0.6) is 5.75 Å². The number of aromatic nitrogens is 1. The highest BCUT2D eigenvalue weighted by atomic mass is 35.5. The predicted octanol–water partition coefficient (Wildman–Crippen LogP) is 4.71. The molecule has 0 N–H and O–H groups in total. The van der Waals surface area contributed by atoms with Gasteiger partial charge in [-0.05, 0) is 56.0 Å². The van der Waals surface area contributed by atoms with Crippen LogP contribution >= 0.6 is 11.6 Å². The molecule has 190 valence electrons. The zero-order valence-corrected chi connectivity index (χ0v) is 22.1. The van der Waals surface area contributed by atoms with Crippen molar-refractivity contribution in [2.45, 2.75) is 37.6 Å². The van der Waals surface area contributed by atoms with Crippen molar-refractivity contribution in [2.75, 3.05) is 33.3 Å². The predicted molar refractivity (Wildman–Crippen MR) is 142 cm³/mol. The van der Waals surface area contributed by atoms with Crippen molar-refractivity contribution >= 4 is 44.0 Å². The molecule has 1 amide bonds. The van der Waals surface area contributed by atoms with Gasteiger partial charge < -0.3 is 14.2 Å². The summed E-state index contributed by atoms with van der Waals surface area (Å²) in [6, 6.07) is 12.7. The molecule has 0 aliphatic carbocycles. The largest absolute Gasteiger partial charge is 0.495 e. The Morgan fingerprint density at radius 3 is 2.53 bits per heavy atom. The number of hydrogen-bond acceptors (Lipinski definition) is 4. The molecule has 1 fully saturated rings. The van der Waals surface area contributed by atoms with E-state index in [-0.39, 0.29) is 23.1 Å². The smallest absolute Gasteiger partial charge is 0.247 e. The SMILES string of the molecule is COc1ccc(Cl)cc1S(=O)(=O)N1CC=C(c2c(C)n(CC(=O)N3CCCC3)c3ccccc23)CC1. The van der Waals surface area contributed by atoms with E-state index in [2.05, 4.69) is 16.7 Å². The van der Waals surface area contributed by atoms with Crippen LogP contribution in [0.2, 0.25) is 5.02 Å². The minimum Gasteiger partial charge on any atom is -0.495 e. The van der Waals surface area contributed by atoms with Crippen molar-refractivity contribution in [2.24, 2.45) is 0 Å². The van der Waals surface area contributed by atoms with Crippen molar-refractivity contribution in [3.63, 3.8) is 0 Å². The Labute approximate surface area is 216 Å². The van der Waals surface area contributed by atoms with Gasteiger partial charge in [0.05, 0.1) is 7.11 Å². The van der Waals surface area contributed by atoms with Gasteiger partial charge in [-0.25, -0.2) is 8.42 Å². The highest BCUT2D eigenvalue weighted by Crippen LogP contribution is 2.36. The number of hydrogen-bond donors (Lipinski definition) is 0. The molecule has 9 heteroatoms. The minimum absolute atomic E-state index is 0.0718. The summed E-state index contributed by atoms with van der Waals surface area (Å²) < 4.78 is 35.7. The van der Waals surface area contributed by atoms with Crippen LogP contribution in [-0.2, 0) is 21.4 Å². The number of ether oxygens (including phenoxy) is 1. The second kappa shape index (κ2) is 9.92. The maximum atomic E-state index is 13.4. The first-order chi connectivity index (χ1) is 17.3. The van der Waals surface area contributed by atoms with Crippen molar-refractivity contribution in [3.05, 3.63) is 64.8 Å². The Morgan fingerprint density at radius 1 is 1.08 bits per heavy atom. The Morgan fingerprint density at radius 2 is 1.83 bits per heavy atom. The molecule has 0 atom stereocenters. The molecule has 0 bridgehead atoms. The van der Waals surface area contributed by atoms with Crippen LogP contribution in [0.1, 0.15) is 30.5 Å². The van der Waals surface area contributed by atoms with Crippen molar-refractivity contribution in [3.8, 4) is 5.75 Å². The van der Waals surface area contributed by atoms with Crippen LogP contribution in [0.3, 0.4) is 0 Å². The molecule has 0 radical (unpaired) electrons. The fraction of sp³-hybridized carbons (Fsp3) is 0.370. The molecule has 0 spiro atoms. The first-order valence-electron chi connectivity index (χ1n) is 12.2. The number of methoxy groups -OCH3 is 1. The van der Waals surface area contributed by atoms with Crippen molar-refractivity contribution in [1.82, 2.24) is 13.8 Å². The van der Waals surface area contributed by atoms with Crippen LogP contribution in [0, 0.1) is 6.92 Å². The molecular weight excluding hydrogens is 498 g/mol. The van der Waals surface area contributed by atoms with E-state index in [9.17, 15) is 13.2 Å². The van der Waals surface area contributed by atoms with Gasteiger partial charge in [-0.3, -0.25) is 4.79 Å². The normalized spacial score (nSPS) is 17.0. The summed E-state index contributed by atoms with van der Waals surface area (Å²) in [5.41, 5.74) is 4.25. The number of para-hydroxylation sites is 1. The van der Waals surface area contributed by atoms with Gasteiger partial charge in [0, 0.05) is 53.4 Å². The Kier molecular flexibility index (Phi) is 6.85. The number of benzene rings is 2. The van der Waals surface area contributed by atoms with Crippen molar-refractivity contribution < 1.29 is 17.9 Å². The molecule has 0 saturated carbocycles. The van der Waals surface area contributed by atoms with E-state index < -0.39 is 10.0 Å². The second-order valence-corrected chi connectivity index (χ2v) is 11.6. The lowest BCUT2D eigenvalue weighted by Gasteiger charge is -2.27. The fourth-order valence-electron chi connectivity index (χ4n) is 5.33. The van der Waals surface area contributed by atoms with E-state index in [0.29, 0.717) is 24.5 Å². The van der Waals surface area contributed by atoms with Gasteiger partial charge in [-0.15, -0.1) is 0 Å². The highest BCUT2D eigenvalue weighted by molar-refractivity contribution is 7.89. The van der Waals surface area contributed by atoms with Crippen LogP contribution in [0.25, 0.3) is 16.5 Å². The van der Waals surface area contributed by atoms with Gasteiger partial charge in [-0.1, -0.05) is 35.9 Å². The monoisotopic (exact) mass is 527 g/mol. The average molecular weight is 528 g/mol. The van der Waals surface area contributed by atoms with E-state index in [0.717, 1.165) is 53.7 Å². The standard InChI is InChI=1S/C27H30ClN3O4S/c1-19-27(22-7-3-4-8-23(22)31(19)18-26(32)29-13-5-6-14-29)20-11-15-30(16-12-20)36(33,34)25-17-21(28)9-10-24(25)35-2/h3-4,7-11,17H,5-6,12-16,18H2,1-2H3. The molecule has 3 aromatic rings. The maximum Gasteiger partial charge on any atom is 0.247 e. The minimum atomic E-state index is -3.78. The summed E-state index contributed by atoms with van der Waals surface area (Å²) in [6.07, 6.45) is 4.68. The Hall–Kier alpha value is -2.81. The molecule has 36 heavy (non-hydrogen) atoms. The maximum absolute atomic E-state index is 13.4. The van der Waals surface area contributed by atoms with Crippen LogP contribution < -0.4 is 4.74 Å². The molecule has 0 unspecified atom stereocenters. The fourth-order valence-corrected chi connectivity index (χ4v) is 7.13. The van der Waals surface area contributed by atoms with E-state index in [1.165, 1.54) is 17.5 Å². The Balaban J connectivity index is 1.46. The lowest BCUT2D eigenvalue weighted by Crippen LogP contribution is -2.35. The zero-order valence-electron chi connectivity index (χ0n) is 20.5. The second-order valence-electron chi connectivity index (χ2n) is 9.29. The molecule has 7 nitrogen and oxygen atoms in total. The quantitative estimate of drug-likeness (QED) is 0.465. The summed E-state index contributed by atoms with van der Waals surface area (Å²) in [5, 5.41) is 1.43. The summed E-state index contributed by atoms with van der Waals surface area (Å²) >= 11 is 6.09. The molecule has 1 aromatic heterocycles. The van der Waals surface area contributed by atoms with E-state index in [1.807, 2.05) is 30.0 Å². The topological polar surface area (TPSA) is 71.9 Å². The third-order valence-corrected chi connectivity index (χ3v) is 9.34. The van der Waals surface area contributed by atoms with Crippen molar-refractivity contribution in [1.29, 1.82) is 0 Å². The van der Waals surface area contributed by atoms with Crippen LogP contribution in [-0.4, -0.2) is 61.4 Å². The van der Waals surface area contributed by atoms with Gasteiger partial charge in [0.25, 0.3) is 0 Å². The van der Waals surface area contributed by atoms with E-state index >= 15 is 0 Å². The summed E-state index contributed by atoms with van der Waals surface area (Å²) in [5.74, 6) is 0.420. The molecule has 5 rings (SSSR count). The molecule has 1 saturated heterocycles. The summed E-state index contributed by atoms with van der Waals surface area (Å²) in [7, 11) is -2.33. The lowest BCUT2D eigenvalue weighted by atomic mass is 9.97. The van der Waals surface area contributed by atoms with Gasteiger partial charge in [0.15, 0.2) is 0 Å². The number of carbonyl (C=O) groups is 1. The number of halogens is 1. The first kappa shape index (κ1) is 24.9. The van der Waals surface area contributed by atoms with E-state index in [1.54, 1.807) is 12.1 Å². The third-order valence-electron chi connectivity index (χ3n) is 7.22. The number of likely N-dealkylation sites (tertiary alicyclic amines) is 1. The average Bonchev–Trinajstić information content (AvgIpc) is 3.51. The number of carbonyl (C=O) groups excluding carboxylic acids is 1. The molecule has 2 aliphatic heterocycles. The zero-order chi connectivity index (χ0) is 25.4. The molecule has 2 aliphatic rings. The number of rotatable bonds is 6. The van der Waals surface area contributed by atoms with Gasteiger partial charge >= 0.3 is 0 Å². The van der Waals surface area contributed by atoms with Gasteiger partial charge in [0.1, 0.15) is 17.2 Å². The first-order valence-corrected chi connectivity index (χ1v) is 14.0.